The van der Waals surface area contributed by atoms with Crippen LogP contribution in [0.3, 0.4) is 0 Å². The highest BCUT2D eigenvalue weighted by Crippen LogP contribution is 2.15. The Kier molecular flexibility index (Phi) is 7.03. The third-order valence-corrected chi connectivity index (χ3v) is 2.93. The molecule has 0 saturated heterocycles. The molecular formula is C17H25NO5. The van der Waals surface area contributed by atoms with Crippen LogP contribution in [0.2, 0.25) is 0 Å². The van der Waals surface area contributed by atoms with Crippen LogP contribution in [0.5, 0.6) is 0 Å². The zero-order chi connectivity index (χ0) is 17.5. The second kappa shape index (κ2) is 8.53. The van der Waals surface area contributed by atoms with Crippen LogP contribution in [0.4, 0.5) is 4.79 Å². The molecule has 0 fully saturated rings. The van der Waals surface area contributed by atoms with E-state index in [4.69, 9.17) is 14.2 Å². The smallest absolute Gasteiger partial charge is 0.407 e. The first-order valence-electron chi connectivity index (χ1n) is 7.46. The largest absolute Gasteiger partial charge is 0.467 e. The van der Waals surface area contributed by atoms with Crippen LogP contribution in [0.1, 0.15) is 33.3 Å². The molecular weight excluding hydrogens is 298 g/mol. The molecule has 0 aliphatic heterocycles. The number of methoxy groups -OCH3 is 1. The van der Waals surface area contributed by atoms with Gasteiger partial charge in [-0.1, -0.05) is 30.3 Å². The minimum Gasteiger partial charge on any atom is -0.467 e. The highest BCUT2D eigenvalue weighted by Gasteiger charge is 2.32. The predicted octanol–water partition coefficient (Wildman–Crippen LogP) is 2.66. The fourth-order valence-corrected chi connectivity index (χ4v) is 1.88. The first-order chi connectivity index (χ1) is 10.7. The molecule has 0 aliphatic carbocycles. The van der Waals surface area contributed by atoms with Crippen LogP contribution >= 0.6 is 0 Å². The molecule has 1 aromatic rings. The first-order valence-corrected chi connectivity index (χ1v) is 7.46. The Balaban J connectivity index is 2.57. The Hall–Kier alpha value is -2.08. The van der Waals surface area contributed by atoms with Crippen LogP contribution in [0, 0.1) is 0 Å². The number of nitrogens with one attached hydrogen (secondary N) is 1. The van der Waals surface area contributed by atoms with Crippen LogP contribution in [-0.2, 0) is 25.6 Å². The Morgan fingerprint density at radius 1 is 1.17 bits per heavy atom. The van der Waals surface area contributed by atoms with Gasteiger partial charge in [-0.3, -0.25) is 0 Å². The lowest BCUT2D eigenvalue weighted by Gasteiger charge is -2.29. The summed E-state index contributed by atoms with van der Waals surface area (Å²) in [5.41, 5.74) is 0.327. The predicted molar refractivity (Wildman–Crippen MR) is 85.9 cm³/mol. The van der Waals surface area contributed by atoms with Gasteiger partial charge in [0.2, 0.25) is 0 Å². The molecule has 6 nitrogen and oxygen atoms in total. The van der Waals surface area contributed by atoms with Gasteiger partial charge in [-0.2, -0.15) is 0 Å². The molecule has 0 saturated carbocycles. The van der Waals surface area contributed by atoms with Crippen LogP contribution < -0.4 is 5.32 Å². The van der Waals surface area contributed by atoms with Gasteiger partial charge >= 0.3 is 12.1 Å². The summed E-state index contributed by atoms with van der Waals surface area (Å²) in [5.74, 6) is -0.546. The third-order valence-electron chi connectivity index (χ3n) is 2.93. The van der Waals surface area contributed by atoms with E-state index in [1.54, 1.807) is 6.92 Å². The summed E-state index contributed by atoms with van der Waals surface area (Å²) in [7, 11) is 1.28. The van der Waals surface area contributed by atoms with Crippen LogP contribution in [0.15, 0.2) is 30.3 Å². The number of alkyl carbamates (subject to hydrolysis) is 1. The second-order valence-corrected chi connectivity index (χ2v) is 6.17. The van der Waals surface area contributed by atoms with Gasteiger partial charge in [0.15, 0.2) is 6.10 Å². The van der Waals surface area contributed by atoms with E-state index in [1.165, 1.54) is 7.11 Å². The summed E-state index contributed by atoms with van der Waals surface area (Å²) in [5, 5.41) is 2.60. The van der Waals surface area contributed by atoms with Gasteiger partial charge in [0.1, 0.15) is 6.61 Å². The van der Waals surface area contributed by atoms with Gasteiger partial charge in [-0.25, -0.2) is 9.59 Å². The normalized spacial score (nSPS) is 13.8. The number of benzene rings is 1. The number of esters is 1. The van der Waals surface area contributed by atoms with E-state index in [1.807, 2.05) is 51.1 Å². The van der Waals surface area contributed by atoms with E-state index in [0.29, 0.717) is 0 Å². The maximum atomic E-state index is 11.9. The number of rotatable bonds is 6. The van der Waals surface area contributed by atoms with Gasteiger partial charge in [-0.05, 0) is 33.3 Å². The van der Waals surface area contributed by atoms with Gasteiger partial charge in [0, 0.05) is 0 Å². The number of hydrogen-bond donors (Lipinski definition) is 1. The lowest BCUT2D eigenvalue weighted by Crippen LogP contribution is -2.49. The third kappa shape index (κ3) is 7.15. The van der Waals surface area contributed by atoms with Gasteiger partial charge in [0.05, 0.1) is 18.8 Å². The quantitative estimate of drug-likeness (QED) is 0.815. The molecule has 2 atom stereocenters. The number of ether oxygens (including phenoxy) is 3. The maximum Gasteiger partial charge on any atom is 0.407 e. The second-order valence-electron chi connectivity index (χ2n) is 6.17. The van der Waals surface area contributed by atoms with Crippen molar-refractivity contribution in [3.05, 3.63) is 35.9 Å². The number of hydrogen-bond acceptors (Lipinski definition) is 5. The van der Waals surface area contributed by atoms with Crippen molar-refractivity contribution < 1.29 is 23.8 Å². The zero-order valence-electron chi connectivity index (χ0n) is 14.3. The van der Waals surface area contributed by atoms with E-state index in [9.17, 15) is 9.59 Å². The van der Waals surface area contributed by atoms with E-state index in [-0.39, 0.29) is 6.61 Å². The molecule has 0 spiro atoms. The molecule has 1 aromatic carbocycles. The minimum absolute atomic E-state index is 0.155. The Bertz CT molecular complexity index is 509. The Morgan fingerprint density at radius 3 is 2.30 bits per heavy atom. The van der Waals surface area contributed by atoms with E-state index in [0.717, 1.165) is 5.56 Å². The first kappa shape index (κ1) is 19.0. The molecule has 1 amide bonds. The van der Waals surface area contributed by atoms with Crippen molar-refractivity contribution in [1.29, 1.82) is 0 Å². The SMILES string of the molecule is COC(=O)[C@H](OC(C)(C)C)[C@H](C)NC(=O)OCc1ccccc1. The minimum atomic E-state index is -0.913. The fourth-order valence-electron chi connectivity index (χ4n) is 1.88. The standard InChI is InChI=1S/C17H25NO5/c1-12(14(15(19)21-5)23-17(2,3)4)18-16(20)22-11-13-9-7-6-8-10-13/h6-10,12,14H,11H2,1-5H3,(H,18,20)/t12-,14+/m0/s1. The van der Waals surface area contributed by atoms with E-state index >= 15 is 0 Å². The molecule has 1 rings (SSSR count). The summed E-state index contributed by atoms with van der Waals surface area (Å²) in [6, 6.07) is 8.74. The van der Waals surface area contributed by atoms with Crippen LogP contribution in [0.25, 0.3) is 0 Å². The summed E-state index contributed by atoms with van der Waals surface area (Å²) in [4.78, 5) is 23.7. The van der Waals surface area contributed by atoms with Crippen molar-refractivity contribution in [1.82, 2.24) is 5.32 Å². The lowest BCUT2D eigenvalue weighted by molar-refractivity contribution is -0.165. The van der Waals surface area contributed by atoms with Crippen molar-refractivity contribution in [2.75, 3.05) is 7.11 Å². The lowest BCUT2D eigenvalue weighted by atomic mass is 10.1. The van der Waals surface area contributed by atoms with Gasteiger partial charge in [0.25, 0.3) is 0 Å². The summed E-state index contributed by atoms with van der Waals surface area (Å²) in [6.07, 6.45) is -1.53. The molecule has 0 aliphatic rings. The topological polar surface area (TPSA) is 73.9 Å². The highest BCUT2D eigenvalue weighted by atomic mass is 16.6. The fraction of sp³-hybridized carbons (Fsp3) is 0.529. The average Bonchev–Trinajstić information content (AvgIpc) is 2.50. The monoisotopic (exact) mass is 323 g/mol. The number of amides is 1. The molecule has 23 heavy (non-hydrogen) atoms. The van der Waals surface area contributed by atoms with Crippen LogP contribution in [-0.4, -0.2) is 36.9 Å². The van der Waals surface area contributed by atoms with Gasteiger partial charge < -0.3 is 19.5 Å². The summed E-state index contributed by atoms with van der Waals surface area (Å²) < 4.78 is 15.5. The highest BCUT2D eigenvalue weighted by molar-refractivity contribution is 5.77. The zero-order valence-corrected chi connectivity index (χ0v) is 14.3. The molecule has 0 bridgehead atoms. The van der Waals surface area contributed by atoms with Gasteiger partial charge in [-0.15, -0.1) is 0 Å². The molecule has 0 radical (unpaired) electrons. The van der Waals surface area contributed by atoms with Crippen molar-refractivity contribution in [2.45, 2.75) is 52.0 Å². The van der Waals surface area contributed by atoms with Crippen molar-refractivity contribution >= 4 is 12.1 Å². The van der Waals surface area contributed by atoms with Crippen molar-refractivity contribution in [2.24, 2.45) is 0 Å². The maximum absolute atomic E-state index is 11.9. The Morgan fingerprint density at radius 2 is 1.78 bits per heavy atom. The summed E-state index contributed by atoms with van der Waals surface area (Å²) in [6.45, 7) is 7.29. The molecule has 6 heteroatoms. The van der Waals surface area contributed by atoms with Crippen molar-refractivity contribution in [3.63, 3.8) is 0 Å². The molecule has 0 aromatic heterocycles. The number of carbonyl (C=O) groups is 2. The molecule has 0 heterocycles. The Labute approximate surface area is 137 Å². The van der Waals surface area contributed by atoms with Crippen molar-refractivity contribution in [3.8, 4) is 0 Å². The van der Waals surface area contributed by atoms with E-state index in [2.05, 4.69) is 5.32 Å². The molecule has 0 unspecified atom stereocenters. The molecule has 1 N–H and O–H groups in total. The molecule has 128 valence electrons. The van der Waals surface area contributed by atoms with E-state index < -0.39 is 29.8 Å². The number of carbonyl (C=O) groups excluding carboxylic acids is 2. The average molecular weight is 323 g/mol. The summed E-state index contributed by atoms with van der Waals surface area (Å²) >= 11 is 0.